The highest BCUT2D eigenvalue weighted by Crippen LogP contribution is 2.20. The number of hydrogen-bond acceptors (Lipinski definition) is 3. The van der Waals surface area contributed by atoms with Crippen LogP contribution in [-0.4, -0.2) is 29.6 Å². The molecule has 3 rings (SSSR count). The van der Waals surface area contributed by atoms with E-state index in [4.69, 9.17) is 4.74 Å². The largest absolute Gasteiger partial charge is 0.381 e. The Hall–Kier alpha value is -2.34. The first kappa shape index (κ1) is 14.6. The normalized spacial score (nSPS) is 15.7. The van der Waals surface area contributed by atoms with Crippen molar-refractivity contribution in [2.75, 3.05) is 13.2 Å². The van der Waals surface area contributed by atoms with Crippen LogP contribution in [0.3, 0.4) is 0 Å². The van der Waals surface area contributed by atoms with Crippen LogP contribution in [0.15, 0.2) is 30.5 Å². The van der Waals surface area contributed by atoms with Crippen LogP contribution in [0, 0.1) is 5.92 Å². The molecule has 22 heavy (non-hydrogen) atoms. The van der Waals surface area contributed by atoms with Gasteiger partial charge < -0.3 is 9.30 Å². The van der Waals surface area contributed by atoms with Gasteiger partial charge in [0.2, 0.25) is 5.91 Å². The number of aryl methyl sites for hydroxylation is 1. The Morgan fingerprint density at radius 1 is 1.18 bits per heavy atom. The fourth-order valence-corrected chi connectivity index (χ4v) is 2.77. The summed E-state index contributed by atoms with van der Waals surface area (Å²) in [5, 5.41) is 0.864. The fourth-order valence-electron chi connectivity index (χ4n) is 2.77. The Balaban J connectivity index is 1.67. The molecule has 0 atom stereocenters. The lowest BCUT2D eigenvalue weighted by atomic mass is 10.00. The third-order valence-corrected chi connectivity index (χ3v) is 4.03. The van der Waals surface area contributed by atoms with Crippen molar-refractivity contribution in [2.24, 2.45) is 13.0 Å². The highest BCUT2D eigenvalue weighted by Gasteiger charge is 2.22. The highest BCUT2D eigenvalue weighted by molar-refractivity contribution is 6.07. The molecule has 2 heterocycles. The molecule has 1 aliphatic heterocycles. The first-order chi connectivity index (χ1) is 10.7. The summed E-state index contributed by atoms with van der Waals surface area (Å²) in [6, 6.07) is 7.66. The SMILES string of the molecule is Cn1cc(C(=O)NNC(=O)C2CCOCC2)c2ccccc21. The third kappa shape index (κ3) is 2.82. The number of hydrazine groups is 1. The van der Waals surface area contributed by atoms with E-state index in [-0.39, 0.29) is 17.7 Å². The van der Waals surface area contributed by atoms with Gasteiger partial charge in [-0.05, 0) is 18.9 Å². The van der Waals surface area contributed by atoms with E-state index in [2.05, 4.69) is 10.9 Å². The van der Waals surface area contributed by atoms with Crippen LogP contribution < -0.4 is 10.9 Å². The minimum atomic E-state index is -0.308. The maximum atomic E-state index is 12.3. The molecule has 6 heteroatoms. The Labute approximate surface area is 128 Å². The minimum Gasteiger partial charge on any atom is -0.381 e. The average Bonchev–Trinajstić information content (AvgIpc) is 2.91. The smallest absolute Gasteiger partial charge is 0.271 e. The molecule has 2 amide bonds. The van der Waals surface area contributed by atoms with Gasteiger partial charge in [0, 0.05) is 43.3 Å². The molecule has 2 N–H and O–H groups in total. The van der Waals surface area contributed by atoms with Crippen molar-refractivity contribution < 1.29 is 14.3 Å². The Morgan fingerprint density at radius 3 is 2.68 bits per heavy atom. The molecular formula is C16H19N3O3. The number of nitrogens with zero attached hydrogens (tertiary/aromatic N) is 1. The average molecular weight is 301 g/mol. The molecule has 0 saturated carbocycles. The van der Waals surface area contributed by atoms with Gasteiger partial charge in [-0.1, -0.05) is 18.2 Å². The van der Waals surface area contributed by atoms with Gasteiger partial charge in [-0.3, -0.25) is 20.4 Å². The van der Waals surface area contributed by atoms with Gasteiger partial charge in [-0.2, -0.15) is 0 Å². The molecule has 0 spiro atoms. The van der Waals surface area contributed by atoms with Crippen molar-refractivity contribution in [3.63, 3.8) is 0 Å². The number of carbonyl (C=O) groups is 2. The summed E-state index contributed by atoms with van der Waals surface area (Å²) in [5.74, 6) is -0.560. The summed E-state index contributed by atoms with van der Waals surface area (Å²) in [6.07, 6.45) is 3.15. The van der Waals surface area contributed by atoms with Gasteiger partial charge in [0.05, 0.1) is 5.56 Å². The van der Waals surface area contributed by atoms with Gasteiger partial charge in [0.1, 0.15) is 0 Å². The summed E-state index contributed by atoms with van der Waals surface area (Å²) < 4.78 is 7.12. The fraction of sp³-hybridized carbons (Fsp3) is 0.375. The zero-order valence-electron chi connectivity index (χ0n) is 12.5. The van der Waals surface area contributed by atoms with Gasteiger partial charge in [-0.25, -0.2) is 0 Å². The molecule has 0 radical (unpaired) electrons. The van der Waals surface area contributed by atoms with Crippen LogP contribution in [0.4, 0.5) is 0 Å². The summed E-state index contributed by atoms with van der Waals surface area (Å²) in [5.41, 5.74) is 6.55. The third-order valence-electron chi connectivity index (χ3n) is 4.03. The van der Waals surface area contributed by atoms with Crippen molar-refractivity contribution in [1.82, 2.24) is 15.4 Å². The Morgan fingerprint density at radius 2 is 1.91 bits per heavy atom. The molecule has 116 valence electrons. The molecule has 1 fully saturated rings. The summed E-state index contributed by atoms with van der Waals surface area (Å²) >= 11 is 0. The number of hydrogen-bond donors (Lipinski definition) is 2. The molecule has 1 saturated heterocycles. The predicted molar refractivity (Wildman–Crippen MR) is 82.1 cm³/mol. The number of aromatic nitrogens is 1. The zero-order valence-corrected chi connectivity index (χ0v) is 12.5. The molecule has 1 aliphatic rings. The lowest BCUT2D eigenvalue weighted by Gasteiger charge is -2.21. The van der Waals surface area contributed by atoms with Crippen LogP contribution in [-0.2, 0) is 16.6 Å². The highest BCUT2D eigenvalue weighted by atomic mass is 16.5. The number of nitrogens with one attached hydrogen (secondary N) is 2. The second-order valence-electron chi connectivity index (χ2n) is 5.50. The van der Waals surface area contributed by atoms with E-state index < -0.39 is 0 Å². The first-order valence-electron chi connectivity index (χ1n) is 7.39. The van der Waals surface area contributed by atoms with Crippen molar-refractivity contribution in [2.45, 2.75) is 12.8 Å². The quantitative estimate of drug-likeness (QED) is 0.823. The second kappa shape index (κ2) is 6.19. The van der Waals surface area contributed by atoms with Gasteiger partial charge >= 0.3 is 0 Å². The van der Waals surface area contributed by atoms with Crippen LogP contribution in [0.5, 0.6) is 0 Å². The maximum absolute atomic E-state index is 12.3. The molecule has 6 nitrogen and oxygen atoms in total. The number of rotatable bonds is 2. The Bertz CT molecular complexity index is 702. The standard InChI is InChI=1S/C16H19N3O3/c1-19-10-13(12-4-2-3-5-14(12)19)16(21)18-17-15(20)11-6-8-22-9-7-11/h2-5,10-11H,6-9H2,1H3,(H,17,20)(H,18,21). The number of fused-ring (bicyclic) bond motifs is 1. The molecule has 0 bridgehead atoms. The molecule has 1 aromatic heterocycles. The van der Waals surface area contributed by atoms with E-state index in [0.29, 0.717) is 31.6 Å². The molecule has 1 aromatic carbocycles. The number of carbonyl (C=O) groups excluding carboxylic acids is 2. The summed E-state index contributed by atoms with van der Waals surface area (Å²) in [4.78, 5) is 24.3. The lowest BCUT2D eigenvalue weighted by Crippen LogP contribution is -2.45. The lowest BCUT2D eigenvalue weighted by molar-refractivity contribution is -0.128. The minimum absolute atomic E-state index is 0.0958. The molecule has 0 unspecified atom stereocenters. The van der Waals surface area contributed by atoms with E-state index in [1.54, 1.807) is 6.20 Å². The number of ether oxygens (including phenoxy) is 1. The van der Waals surface area contributed by atoms with Gasteiger partial charge in [-0.15, -0.1) is 0 Å². The number of benzene rings is 1. The van der Waals surface area contributed by atoms with Crippen molar-refractivity contribution in [3.05, 3.63) is 36.0 Å². The number of amides is 2. The summed E-state index contributed by atoms with van der Waals surface area (Å²) in [7, 11) is 1.89. The molecular weight excluding hydrogens is 282 g/mol. The second-order valence-corrected chi connectivity index (χ2v) is 5.50. The van der Waals surface area contributed by atoms with E-state index in [9.17, 15) is 9.59 Å². The predicted octanol–water partition coefficient (Wildman–Crippen LogP) is 1.37. The van der Waals surface area contributed by atoms with E-state index >= 15 is 0 Å². The van der Waals surface area contributed by atoms with Crippen LogP contribution in [0.1, 0.15) is 23.2 Å². The zero-order chi connectivity index (χ0) is 15.5. The van der Waals surface area contributed by atoms with Crippen molar-refractivity contribution in [1.29, 1.82) is 0 Å². The topological polar surface area (TPSA) is 72.4 Å². The van der Waals surface area contributed by atoms with Crippen LogP contribution in [0.25, 0.3) is 10.9 Å². The van der Waals surface area contributed by atoms with Gasteiger partial charge in [0.15, 0.2) is 0 Å². The van der Waals surface area contributed by atoms with Crippen LogP contribution in [0.2, 0.25) is 0 Å². The molecule has 0 aliphatic carbocycles. The van der Waals surface area contributed by atoms with E-state index in [0.717, 1.165) is 10.9 Å². The van der Waals surface area contributed by atoms with Gasteiger partial charge in [0.25, 0.3) is 5.91 Å². The first-order valence-corrected chi connectivity index (χ1v) is 7.39. The van der Waals surface area contributed by atoms with Crippen molar-refractivity contribution >= 4 is 22.7 Å². The molecule has 2 aromatic rings. The van der Waals surface area contributed by atoms with E-state index in [1.807, 2.05) is 35.9 Å². The van der Waals surface area contributed by atoms with E-state index in [1.165, 1.54) is 0 Å². The monoisotopic (exact) mass is 301 g/mol. The Kier molecular flexibility index (Phi) is 4.11. The van der Waals surface area contributed by atoms with Crippen molar-refractivity contribution in [3.8, 4) is 0 Å². The van der Waals surface area contributed by atoms with Crippen LogP contribution >= 0.6 is 0 Å². The maximum Gasteiger partial charge on any atom is 0.271 e. The summed E-state index contributed by atoms with van der Waals surface area (Å²) in [6.45, 7) is 1.19. The number of para-hydroxylation sites is 1.